The number of guanidine groups is 1. The van der Waals surface area contributed by atoms with Gasteiger partial charge in [-0.05, 0) is 44.4 Å². The van der Waals surface area contributed by atoms with Crippen molar-refractivity contribution in [3.8, 4) is 5.75 Å². The fraction of sp³-hybridized carbons (Fsp3) is 0.632. The number of hydrogen-bond acceptors (Lipinski definition) is 4. The highest BCUT2D eigenvalue weighted by molar-refractivity contribution is 14.0. The van der Waals surface area contributed by atoms with E-state index >= 15 is 0 Å². The van der Waals surface area contributed by atoms with Crippen molar-refractivity contribution in [2.45, 2.75) is 45.4 Å². The number of benzene rings is 1. The molecule has 0 bridgehead atoms. The van der Waals surface area contributed by atoms with Crippen LogP contribution in [0.3, 0.4) is 0 Å². The van der Waals surface area contributed by atoms with E-state index in [0.717, 1.165) is 56.5 Å². The Morgan fingerprint density at radius 1 is 1.35 bits per heavy atom. The van der Waals surface area contributed by atoms with E-state index in [1.807, 2.05) is 26.0 Å². The van der Waals surface area contributed by atoms with Crippen molar-refractivity contribution in [2.24, 2.45) is 4.99 Å². The second-order valence-corrected chi connectivity index (χ2v) is 6.38. The molecule has 1 aliphatic heterocycles. The predicted octanol–water partition coefficient (Wildman–Crippen LogP) is 2.95. The molecule has 0 aromatic heterocycles. The van der Waals surface area contributed by atoms with Crippen molar-refractivity contribution in [2.75, 3.05) is 33.4 Å². The third-order valence-corrected chi connectivity index (χ3v) is 3.81. The van der Waals surface area contributed by atoms with Crippen molar-refractivity contribution in [3.63, 3.8) is 0 Å². The number of hydrogen-bond donors (Lipinski definition) is 2. The van der Waals surface area contributed by atoms with Gasteiger partial charge in [-0.1, -0.05) is 12.1 Å². The first-order chi connectivity index (χ1) is 12.2. The maximum absolute atomic E-state index is 5.75. The highest BCUT2D eigenvalue weighted by Gasteiger charge is 2.15. The lowest BCUT2D eigenvalue weighted by Crippen LogP contribution is -2.37. The van der Waals surface area contributed by atoms with Gasteiger partial charge < -0.3 is 24.8 Å². The maximum Gasteiger partial charge on any atom is 0.191 e. The first kappa shape index (κ1) is 23.0. The van der Waals surface area contributed by atoms with E-state index in [1.165, 1.54) is 0 Å². The quantitative estimate of drug-likeness (QED) is 0.248. The molecule has 1 aromatic carbocycles. The molecule has 0 radical (unpaired) electrons. The molecule has 0 aliphatic carbocycles. The summed E-state index contributed by atoms with van der Waals surface area (Å²) in [7, 11) is 1.78. The Labute approximate surface area is 174 Å². The van der Waals surface area contributed by atoms with Crippen LogP contribution in [-0.2, 0) is 16.0 Å². The number of halogens is 1. The minimum absolute atomic E-state index is 0. The summed E-state index contributed by atoms with van der Waals surface area (Å²) in [5.41, 5.74) is 1.16. The van der Waals surface area contributed by atoms with Crippen LogP contribution in [0.25, 0.3) is 0 Å². The molecule has 1 aliphatic rings. The van der Waals surface area contributed by atoms with Crippen LogP contribution in [0.15, 0.2) is 29.3 Å². The molecule has 26 heavy (non-hydrogen) atoms. The standard InChI is InChI=1S/C19H31N3O3.HI/c1-15(2)25-17-7-4-6-16(12-17)13-22-19(20-3)21-9-5-10-24-18-8-11-23-14-18;/h4,6-7,12,15,18H,5,8-11,13-14H2,1-3H3,(H2,20,21,22);1H. The Hall–Kier alpha value is -1.06. The average molecular weight is 477 g/mol. The molecule has 1 fully saturated rings. The normalized spacial score (nSPS) is 17.1. The number of ether oxygens (including phenoxy) is 3. The van der Waals surface area contributed by atoms with Gasteiger partial charge in [0.2, 0.25) is 0 Å². The first-order valence-corrected chi connectivity index (χ1v) is 9.07. The second-order valence-electron chi connectivity index (χ2n) is 6.38. The smallest absolute Gasteiger partial charge is 0.191 e. The van der Waals surface area contributed by atoms with E-state index in [4.69, 9.17) is 14.2 Å². The summed E-state index contributed by atoms with van der Waals surface area (Å²) in [6.07, 6.45) is 2.40. The lowest BCUT2D eigenvalue weighted by atomic mass is 10.2. The minimum Gasteiger partial charge on any atom is -0.491 e. The highest BCUT2D eigenvalue weighted by atomic mass is 127. The molecule has 0 amide bonds. The van der Waals surface area contributed by atoms with E-state index in [2.05, 4.69) is 27.8 Å². The molecule has 1 atom stereocenters. The lowest BCUT2D eigenvalue weighted by molar-refractivity contribution is 0.0420. The molecule has 1 unspecified atom stereocenters. The van der Waals surface area contributed by atoms with E-state index in [0.29, 0.717) is 6.54 Å². The number of rotatable bonds is 9. The Bertz CT molecular complexity index is 535. The van der Waals surface area contributed by atoms with Crippen molar-refractivity contribution < 1.29 is 14.2 Å². The Morgan fingerprint density at radius 3 is 2.88 bits per heavy atom. The fourth-order valence-corrected chi connectivity index (χ4v) is 2.58. The van der Waals surface area contributed by atoms with Crippen LogP contribution >= 0.6 is 24.0 Å². The zero-order valence-electron chi connectivity index (χ0n) is 16.0. The molecule has 1 aromatic rings. The molecular weight excluding hydrogens is 445 g/mol. The van der Waals surface area contributed by atoms with E-state index in [-0.39, 0.29) is 36.2 Å². The number of aliphatic imine (C=N–C) groups is 1. The molecule has 6 nitrogen and oxygen atoms in total. The van der Waals surface area contributed by atoms with Gasteiger partial charge in [0.05, 0.1) is 18.8 Å². The summed E-state index contributed by atoms with van der Waals surface area (Å²) in [6, 6.07) is 8.11. The van der Waals surface area contributed by atoms with Gasteiger partial charge in [-0.3, -0.25) is 4.99 Å². The molecule has 1 heterocycles. The number of nitrogens with zero attached hydrogens (tertiary/aromatic N) is 1. The fourth-order valence-electron chi connectivity index (χ4n) is 2.58. The van der Waals surface area contributed by atoms with E-state index in [9.17, 15) is 0 Å². The van der Waals surface area contributed by atoms with E-state index in [1.54, 1.807) is 7.05 Å². The molecule has 0 saturated carbocycles. The summed E-state index contributed by atoms with van der Waals surface area (Å²) in [5, 5.41) is 6.63. The highest BCUT2D eigenvalue weighted by Crippen LogP contribution is 2.14. The van der Waals surface area contributed by atoms with Gasteiger partial charge in [0.25, 0.3) is 0 Å². The SMILES string of the molecule is CN=C(NCCCOC1CCOC1)NCc1cccc(OC(C)C)c1.I. The summed E-state index contributed by atoms with van der Waals surface area (Å²) in [5.74, 6) is 1.68. The van der Waals surface area contributed by atoms with Crippen LogP contribution < -0.4 is 15.4 Å². The minimum atomic E-state index is 0. The van der Waals surface area contributed by atoms with E-state index < -0.39 is 0 Å². The monoisotopic (exact) mass is 477 g/mol. The molecule has 0 spiro atoms. The van der Waals surface area contributed by atoms with Crippen LogP contribution in [-0.4, -0.2) is 51.6 Å². The van der Waals surface area contributed by atoms with Crippen molar-refractivity contribution in [1.29, 1.82) is 0 Å². The summed E-state index contributed by atoms with van der Waals surface area (Å²) in [6.45, 7) is 7.88. The van der Waals surface area contributed by atoms with Crippen molar-refractivity contribution in [3.05, 3.63) is 29.8 Å². The molecule has 2 rings (SSSR count). The Morgan fingerprint density at radius 2 is 2.19 bits per heavy atom. The van der Waals surface area contributed by atoms with Crippen molar-refractivity contribution in [1.82, 2.24) is 10.6 Å². The molecule has 148 valence electrons. The van der Waals surface area contributed by atoms with Gasteiger partial charge in [-0.2, -0.15) is 0 Å². The zero-order valence-corrected chi connectivity index (χ0v) is 18.3. The zero-order chi connectivity index (χ0) is 17.9. The van der Waals surface area contributed by atoms with Crippen LogP contribution in [0, 0.1) is 0 Å². The first-order valence-electron chi connectivity index (χ1n) is 9.07. The largest absolute Gasteiger partial charge is 0.491 e. The summed E-state index contributed by atoms with van der Waals surface area (Å²) >= 11 is 0. The number of nitrogens with one attached hydrogen (secondary N) is 2. The summed E-state index contributed by atoms with van der Waals surface area (Å²) < 4.78 is 16.8. The Kier molecular flexibility index (Phi) is 11.6. The third-order valence-electron chi connectivity index (χ3n) is 3.81. The van der Waals surface area contributed by atoms with Crippen LogP contribution in [0.1, 0.15) is 32.3 Å². The predicted molar refractivity (Wildman–Crippen MR) is 116 cm³/mol. The van der Waals surface area contributed by atoms with Gasteiger partial charge >= 0.3 is 0 Å². The topological polar surface area (TPSA) is 64.1 Å². The lowest BCUT2D eigenvalue weighted by Gasteiger charge is -2.14. The van der Waals surface area contributed by atoms with Gasteiger partial charge in [0.15, 0.2) is 5.96 Å². The van der Waals surface area contributed by atoms with Gasteiger partial charge in [-0.25, -0.2) is 0 Å². The molecular formula is C19H32IN3O3. The molecule has 1 saturated heterocycles. The van der Waals surface area contributed by atoms with Gasteiger partial charge in [0.1, 0.15) is 5.75 Å². The van der Waals surface area contributed by atoms with Crippen LogP contribution in [0.2, 0.25) is 0 Å². The molecule has 7 heteroatoms. The van der Waals surface area contributed by atoms with Gasteiger partial charge in [0, 0.05) is 33.4 Å². The maximum atomic E-state index is 5.75. The Balaban J connectivity index is 0.00000338. The molecule has 2 N–H and O–H groups in total. The van der Waals surface area contributed by atoms with Crippen molar-refractivity contribution >= 4 is 29.9 Å². The van der Waals surface area contributed by atoms with Gasteiger partial charge in [-0.15, -0.1) is 24.0 Å². The average Bonchev–Trinajstić information content (AvgIpc) is 3.10. The second kappa shape index (κ2) is 13.2. The third kappa shape index (κ3) is 9.05. The van der Waals surface area contributed by atoms with Crippen LogP contribution in [0.4, 0.5) is 0 Å². The van der Waals surface area contributed by atoms with Crippen LogP contribution in [0.5, 0.6) is 5.75 Å². The summed E-state index contributed by atoms with van der Waals surface area (Å²) in [4.78, 5) is 4.25.